The molecule has 0 amide bonds. The van der Waals surface area contributed by atoms with Crippen LogP contribution in [0.1, 0.15) is 36.3 Å². The fraction of sp³-hybridized carbons (Fsp3) is 0.667. The van der Waals surface area contributed by atoms with Gasteiger partial charge < -0.3 is 9.47 Å². The minimum Gasteiger partial charge on any atom is -0.353 e. The molecule has 1 aromatic heterocycles. The van der Waals surface area contributed by atoms with Crippen LogP contribution in [-0.4, -0.2) is 22.9 Å². The molecule has 0 spiro atoms. The number of nitrogens with zero attached hydrogens (tertiary/aromatic N) is 2. The van der Waals surface area contributed by atoms with E-state index in [1.54, 1.807) is 0 Å². The summed E-state index contributed by atoms with van der Waals surface area (Å²) in [4.78, 5) is 7.24. The smallest absolute Gasteiger partial charge is 0.353 e. The quantitative estimate of drug-likeness (QED) is 0.851. The standard InChI is InChI=1S/C12H15F3N2O2/c1-8-16-6-9(11(17-8)12(13,14)15)7-19-10-4-2-3-5-18-10/h6,10H,2-5,7H2,1H3. The second-order valence-corrected chi connectivity index (χ2v) is 4.40. The highest BCUT2D eigenvalue weighted by atomic mass is 19.4. The van der Waals surface area contributed by atoms with E-state index in [4.69, 9.17) is 9.47 Å². The first-order valence-electron chi connectivity index (χ1n) is 6.10. The molecule has 1 unspecified atom stereocenters. The zero-order chi connectivity index (χ0) is 13.9. The van der Waals surface area contributed by atoms with Crippen LogP contribution < -0.4 is 0 Å². The first kappa shape index (κ1) is 14.2. The summed E-state index contributed by atoms with van der Waals surface area (Å²) in [6.07, 6.45) is -1.15. The maximum Gasteiger partial charge on any atom is 0.433 e. The Bertz CT molecular complexity index is 431. The van der Waals surface area contributed by atoms with Gasteiger partial charge in [-0.3, -0.25) is 0 Å². The van der Waals surface area contributed by atoms with Crippen molar-refractivity contribution in [3.8, 4) is 0 Å². The van der Waals surface area contributed by atoms with E-state index in [0.29, 0.717) is 13.0 Å². The summed E-state index contributed by atoms with van der Waals surface area (Å²) in [7, 11) is 0. The van der Waals surface area contributed by atoms with Gasteiger partial charge in [-0.2, -0.15) is 13.2 Å². The highest BCUT2D eigenvalue weighted by Gasteiger charge is 2.36. The molecule has 19 heavy (non-hydrogen) atoms. The number of ether oxygens (including phenoxy) is 2. The molecule has 1 saturated heterocycles. The lowest BCUT2D eigenvalue weighted by molar-refractivity contribution is -0.172. The molecule has 106 valence electrons. The summed E-state index contributed by atoms with van der Waals surface area (Å²) in [5, 5.41) is 0. The van der Waals surface area contributed by atoms with Crippen LogP contribution in [0.25, 0.3) is 0 Å². The van der Waals surface area contributed by atoms with Gasteiger partial charge in [-0.1, -0.05) is 0 Å². The number of hydrogen-bond donors (Lipinski definition) is 0. The molecule has 1 aliphatic heterocycles. The van der Waals surface area contributed by atoms with Crippen molar-refractivity contribution in [1.29, 1.82) is 0 Å². The number of rotatable bonds is 3. The molecule has 4 nitrogen and oxygen atoms in total. The Hall–Kier alpha value is -1.21. The van der Waals surface area contributed by atoms with Crippen LogP contribution in [0.4, 0.5) is 13.2 Å². The van der Waals surface area contributed by atoms with Crippen molar-refractivity contribution in [1.82, 2.24) is 9.97 Å². The minimum absolute atomic E-state index is 0.0627. The van der Waals surface area contributed by atoms with Gasteiger partial charge in [-0.15, -0.1) is 0 Å². The fourth-order valence-corrected chi connectivity index (χ4v) is 1.87. The van der Waals surface area contributed by atoms with Gasteiger partial charge in [0.2, 0.25) is 0 Å². The zero-order valence-electron chi connectivity index (χ0n) is 10.5. The van der Waals surface area contributed by atoms with E-state index in [2.05, 4.69) is 9.97 Å². The summed E-state index contributed by atoms with van der Waals surface area (Å²) in [6.45, 7) is 1.81. The van der Waals surface area contributed by atoms with Crippen LogP contribution >= 0.6 is 0 Å². The molecule has 2 heterocycles. The van der Waals surface area contributed by atoms with Crippen molar-refractivity contribution in [2.75, 3.05) is 6.61 Å². The number of aryl methyl sites for hydroxylation is 1. The van der Waals surface area contributed by atoms with E-state index >= 15 is 0 Å². The predicted octanol–water partition coefficient (Wildman–Crippen LogP) is 2.85. The van der Waals surface area contributed by atoms with Crippen LogP contribution in [-0.2, 0) is 22.3 Å². The molecular weight excluding hydrogens is 261 g/mol. The van der Waals surface area contributed by atoms with E-state index in [9.17, 15) is 13.2 Å². The molecule has 0 radical (unpaired) electrons. The topological polar surface area (TPSA) is 44.2 Å². The number of alkyl halides is 3. The van der Waals surface area contributed by atoms with Crippen molar-refractivity contribution in [2.45, 2.75) is 45.3 Å². The maximum absolute atomic E-state index is 12.8. The number of hydrogen-bond acceptors (Lipinski definition) is 4. The summed E-state index contributed by atoms with van der Waals surface area (Å²) >= 11 is 0. The second-order valence-electron chi connectivity index (χ2n) is 4.40. The predicted molar refractivity (Wildman–Crippen MR) is 60.2 cm³/mol. The van der Waals surface area contributed by atoms with Gasteiger partial charge in [-0.25, -0.2) is 9.97 Å². The largest absolute Gasteiger partial charge is 0.433 e. The number of aromatic nitrogens is 2. The monoisotopic (exact) mass is 276 g/mol. The van der Waals surface area contributed by atoms with Gasteiger partial charge in [0.1, 0.15) is 5.82 Å². The molecule has 2 rings (SSSR count). The van der Waals surface area contributed by atoms with E-state index in [1.165, 1.54) is 6.92 Å². The Labute approximate surface area is 109 Å². The summed E-state index contributed by atoms with van der Waals surface area (Å²) in [6, 6.07) is 0. The van der Waals surface area contributed by atoms with Crippen molar-refractivity contribution in [3.63, 3.8) is 0 Å². The molecule has 7 heteroatoms. The van der Waals surface area contributed by atoms with Crippen LogP contribution in [0.2, 0.25) is 0 Å². The Kier molecular flexibility index (Phi) is 4.36. The molecule has 1 aromatic rings. The molecule has 0 N–H and O–H groups in total. The Morgan fingerprint density at radius 3 is 2.84 bits per heavy atom. The van der Waals surface area contributed by atoms with Crippen molar-refractivity contribution < 1.29 is 22.6 Å². The van der Waals surface area contributed by atoms with Crippen LogP contribution in [0.5, 0.6) is 0 Å². The van der Waals surface area contributed by atoms with E-state index < -0.39 is 18.2 Å². The van der Waals surface area contributed by atoms with Crippen molar-refractivity contribution >= 4 is 0 Å². The minimum atomic E-state index is -4.50. The number of halogens is 3. The highest BCUT2D eigenvalue weighted by molar-refractivity contribution is 5.19. The average molecular weight is 276 g/mol. The fourth-order valence-electron chi connectivity index (χ4n) is 1.87. The summed E-state index contributed by atoms with van der Waals surface area (Å²) < 4.78 is 49.1. The SMILES string of the molecule is Cc1ncc(COC2CCCCO2)c(C(F)(F)F)n1. The van der Waals surface area contributed by atoms with E-state index in [0.717, 1.165) is 19.0 Å². The molecule has 1 aliphatic rings. The van der Waals surface area contributed by atoms with Gasteiger partial charge in [0.15, 0.2) is 12.0 Å². The first-order valence-corrected chi connectivity index (χ1v) is 6.10. The zero-order valence-corrected chi connectivity index (χ0v) is 10.5. The third-order valence-corrected chi connectivity index (χ3v) is 2.82. The first-order chi connectivity index (χ1) is 8.97. The van der Waals surface area contributed by atoms with Crippen LogP contribution in [0, 0.1) is 6.92 Å². The molecule has 0 aliphatic carbocycles. The lowest BCUT2D eigenvalue weighted by atomic mass is 10.2. The van der Waals surface area contributed by atoms with E-state index in [-0.39, 0.29) is 18.0 Å². The Morgan fingerprint density at radius 2 is 2.21 bits per heavy atom. The average Bonchev–Trinajstić information content (AvgIpc) is 2.37. The van der Waals surface area contributed by atoms with Gasteiger partial charge in [-0.05, 0) is 26.2 Å². The van der Waals surface area contributed by atoms with Crippen molar-refractivity contribution in [3.05, 3.63) is 23.3 Å². The molecule has 0 bridgehead atoms. The molecule has 0 aromatic carbocycles. The van der Waals surface area contributed by atoms with Crippen LogP contribution in [0.3, 0.4) is 0 Å². The van der Waals surface area contributed by atoms with E-state index in [1.807, 2.05) is 0 Å². The molecule has 1 atom stereocenters. The lowest BCUT2D eigenvalue weighted by Gasteiger charge is -2.23. The Balaban J connectivity index is 2.06. The third kappa shape index (κ3) is 3.87. The lowest BCUT2D eigenvalue weighted by Crippen LogP contribution is -2.23. The Morgan fingerprint density at radius 1 is 1.42 bits per heavy atom. The van der Waals surface area contributed by atoms with Crippen LogP contribution in [0.15, 0.2) is 6.20 Å². The molecule has 0 saturated carbocycles. The maximum atomic E-state index is 12.8. The highest BCUT2D eigenvalue weighted by Crippen LogP contribution is 2.30. The molecular formula is C12H15F3N2O2. The molecule has 1 fully saturated rings. The summed E-state index contributed by atoms with van der Waals surface area (Å²) in [5.41, 5.74) is -0.997. The second kappa shape index (κ2) is 5.83. The summed E-state index contributed by atoms with van der Waals surface area (Å²) in [5.74, 6) is 0.0880. The normalized spacial score (nSPS) is 20.5. The van der Waals surface area contributed by atoms with Gasteiger partial charge in [0, 0.05) is 18.4 Å². The van der Waals surface area contributed by atoms with Crippen molar-refractivity contribution in [2.24, 2.45) is 0 Å². The van der Waals surface area contributed by atoms with Gasteiger partial charge in [0.05, 0.1) is 6.61 Å². The van der Waals surface area contributed by atoms with Gasteiger partial charge in [0.25, 0.3) is 0 Å². The van der Waals surface area contributed by atoms with Gasteiger partial charge >= 0.3 is 6.18 Å². The third-order valence-electron chi connectivity index (χ3n) is 2.82.